The van der Waals surface area contributed by atoms with Gasteiger partial charge in [0.25, 0.3) is 0 Å². The van der Waals surface area contributed by atoms with Gasteiger partial charge < -0.3 is 10.2 Å². The van der Waals surface area contributed by atoms with Gasteiger partial charge in [0.1, 0.15) is 0 Å². The molecule has 0 saturated heterocycles. The van der Waals surface area contributed by atoms with Crippen molar-refractivity contribution >= 4 is 11.3 Å². The Morgan fingerprint density at radius 3 is 2.37 bits per heavy atom. The fraction of sp³-hybridized carbons (Fsp3) is 0.750. The highest BCUT2D eigenvalue weighted by Gasteiger charge is 2.42. The van der Waals surface area contributed by atoms with Gasteiger partial charge in [0.15, 0.2) is 0 Å². The Labute approximate surface area is 122 Å². The SMILES string of the molecule is CCc1ccc(CC(NC)C2(N(C)C)CCCC2)s1. The zero-order chi connectivity index (χ0) is 13.9. The lowest BCUT2D eigenvalue weighted by Crippen LogP contribution is -2.57. The monoisotopic (exact) mass is 280 g/mol. The van der Waals surface area contributed by atoms with Crippen LogP contribution in [0.3, 0.4) is 0 Å². The van der Waals surface area contributed by atoms with Gasteiger partial charge in [0, 0.05) is 21.3 Å². The van der Waals surface area contributed by atoms with E-state index in [0.717, 1.165) is 6.42 Å². The smallest absolute Gasteiger partial charge is 0.0359 e. The number of nitrogens with zero attached hydrogens (tertiary/aromatic N) is 1. The van der Waals surface area contributed by atoms with Crippen molar-refractivity contribution in [3.63, 3.8) is 0 Å². The topological polar surface area (TPSA) is 15.3 Å². The quantitative estimate of drug-likeness (QED) is 0.860. The number of hydrogen-bond acceptors (Lipinski definition) is 3. The molecule has 0 spiro atoms. The van der Waals surface area contributed by atoms with Crippen LogP contribution < -0.4 is 5.32 Å². The Bertz CT molecular complexity index is 391. The summed E-state index contributed by atoms with van der Waals surface area (Å²) in [5.41, 5.74) is 0.352. The molecule has 3 heteroatoms. The largest absolute Gasteiger partial charge is 0.315 e. The Hall–Kier alpha value is -0.380. The minimum absolute atomic E-state index is 0.352. The van der Waals surface area contributed by atoms with E-state index in [-0.39, 0.29) is 0 Å². The van der Waals surface area contributed by atoms with E-state index in [4.69, 9.17) is 0 Å². The molecule has 1 N–H and O–H groups in total. The van der Waals surface area contributed by atoms with Crippen molar-refractivity contribution in [3.05, 3.63) is 21.9 Å². The van der Waals surface area contributed by atoms with Crippen LogP contribution in [0.1, 0.15) is 42.4 Å². The van der Waals surface area contributed by atoms with Crippen LogP contribution in [0.15, 0.2) is 12.1 Å². The summed E-state index contributed by atoms with van der Waals surface area (Å²) in [6.07, 6.45) is 7.74. The highest BCUT2D eigenvalue weighted by Crippen LogP contribution is 2.38. The summed E-state index contributed by atoms with van der Waals surface area (Å²) in [4.78, 5) is 5.51. The molecule has 0 bridgehead atoms. The molecule has 1 atom stereocenters. The molecule has 1 unspecified atom stereocenters. The molecule has 1 aromatic heterocycles. The molecule has 1 saturated carbocycles. The first-order valence-electron chi connectivity index (χ1n) is 7.54. The second-order valence-corrected chi connectivity index (χ2v) is 7.22. The molecular formula is C16H28N2S. The van der Waals surface area contributed by atoms with Gasteiger partial charge in [0.2, 0.25) is 0 Å². The van der Waals surface area contributed by atoms with Crippen molar-refractivity contribution < 1.29 is 0 Å². The third-order valence-corrected chi connectivity index (χ3v) is 6.08. The Morgan fingerprint density at radius 1 is 1.26 bits per heavy atom. The van der Waals surface area contributed by atoms with Gasteiger partial charge in [0.05, 0.1) is 0 Å². The van der Waals surface area contributed by atoms with Crippen molar-refractivity contribution in [1.29, 1.82) is 0 Å². The Morgan fingerprint density at radius 2 is 1.89 bits per heavy atom. The summed E-state index contributed by atoms with van der Waals surface area (Å²) < 4.78 is 0. The molecular weight excluding hydrogens is 252 g/mol. The normalized spacial score (nSPS) is 20.1. The number of likely N-dealkylation sites (N-methyl/N-ethyl adjacent to an activating group) is 2. The van der Waals surface area contributed by atoms with Crippen LogP contribution in [-0.2, 0) is 12.8 Å². The Kier molecular flexibility index (Phi) is 5.04. The van der Waals surface area contributed by atoms with Crippen molar-refractivity contribution in [2.24, 2.45) is 0 Å². The van der Waals surface area contributed by atoms with Crippen LogP contribution in [0.5, 0.6) is 0 Å². The fourth-order valence-electron chi connectivity index (χ4n) is 3.58. The molecule has 1 aliphatic rings. The van der Waals surface area contributed by atoms with Gasteiger partial charge >= 0.3 is 0 Å². The van der Waals surface area contributed by atoms with Gasteiger partial charge in [-0.3, -0.25) is 0 Å². The molecule has 2 rings (SSSR count). The van der Waals surface area contributed by atoms with Crippen LogP contribution in [-0.4, -0.2) is 37.6 Å². The molecule has 2 nitrogen and oxygen atoms in total. The second kappa shape index (κ2) is 6.38. The molecule has 1 aliphatic carbocycles. The molecule has 0 radical (unpaired) electrons. The number of nitrogens with one attached hydrogen (secondary N) is 1. The van der Waals surface area contributed by atoms with Gasteiger partial charge in [-0.2, -0.15) is 0 Å². The van der Waals surface area contributed by atoms with E-state index in [1.807, 2.05) is 11.3 Å². The maximum absolute atomic E-state index is 3.61. The van der Waals surface area contributed by atoms with Crippen LogP contribution >= 0.6 is 11.3 Å². The average molecular weight is 280 g/mol. The molecule has 0 amide bonds. The first kappa shape index (κ1) is 15.0. The van der Waals surface area contributed by atoms with Gasteiger partial charge in [-0.15, -0.1) is 11.3 Å². The highest BCUT2D eigenvalue weighted by atomic mass is 32.1. The van der Waals surface area contributed by atoms with Crippen molar-refractivity contribution in [1.82, 2.24) is 10.2 Å². The average Bonchev–Trinajstić information content (AvgIpc) is 3.05. The van der Waals surface area contributed by atoms with E-state index in [2.05, 4.69) is 50.4 Å². The molecule has 108 valence electrons. The zero-order valence-electron chi connectivity index (χ0n) is 12.8. The molecule has 1 aromatic rings. The number of hydrogen-bond donors (Lipinski definition) is 1. The van der Waals surface area contributed by atoms with E-state index in [9.17, 15) is 0 Å². The third-order valence-electron chi connectivity index (χ3n) is 4.83. The minimum Gasteiger partial charge on any atom is -0.315 e. The van der Waals surface area contributed by atoms with Crippen molar-refractivity contribution in [2.45, 2.75) is 57.0 Å². The van der Waals surface area contributed by atoms with Gasteiger partial charge in [-0.25, -0.2) is 0 Å². The van der Waals surface area contributed by atoms with Crippen LogP contribution in [0, 0.1) is 0 Å². The maximum Gasteiger partial charge on any atom is 0.0359 e. The van der Waals surface area contributed by atoms with Crippen LogP contribution in [0.4, 0.5) is 0 Å². The maximum atomic E-state index is 3.61. The van der Waals surface area contributed by atoms with E-state index in [0.29, 0.717) is 11.6 Å². The third kappa shape index (κ3) is 3.04. The van der Waals surface area contributed by atoms with E-state index < -0.39 is 0 Å². The number of rotatable bonds is 6. The summed E-state index contributed by atoms with van der Waals surface area (Å²) in [5.74, 6) is 0. The zero-order valence-corrected chi connectivity index (χ0v) is 13.6. The summed E-state index contributed by atoms with van der Waals surface area (Å²) in [6, 6.07) is 5.18. The standard InChI is InChI=1S/C16H28N2S/c1-5-13-8-9-14(19-13)12-15(17-2)16(18(3)4)10-6-7-11-16/h8-9,15,17H,5-7,10-12H2,1-4H3. The molecule has 19 heavy (non-hydrogen) atoms. The van der Waals surface area contributed by atoms with Gasteiger partial charge in [-0.05, 0) is 59.0 Å². The fourth-order valence-corrected chi connectivity index (χ4v) is 4.58. The van der Waals surface area contributed by atoms with Crippen LogP contribution in [0.25, 0.3) is 0 Å². The van der Waals surface area contributed by atoms with Crippen molar-refractivity contribution in [3.8, 4) is 0 Å². The lowest BCUT2D eigenvalue weighted by Gasteiger charge is -2.43. The summed E-state index contributed by atoms with van der Waals surface area (Å²) in [5, 5.41) is 3.61. The highest BCUT2D eigenvalue weighted by molar-refractivity contribution is 7.11. The lowest BCUT2D eigenvalue weighted by atomic mass is 9.84. The van der Waals surface area contributed by atoms with E-state index in [1.165, 1.54) is 41.9 Å². The first-order valence-corrected chi connectivity index (χ1v) is 8.36. The molecule has 1 fully saturated rings. The number of aryl methyl sites for hydroxylation is 1. The van der Waals surface area contributed by atoms with E-state index in [1.54, 1.807) is 0 Å². The Balaban J connectivity index is 2.14. The summed E-state index contributed by atoms with van der Waals surface area (Å²) >= 11 is 1.99. The molecule has 0 aromatic carbocycles. The predicted octanol–water partition coefficient (Wildman–Crippen LogP) is 3.32. The van der Waals surface area contributed by atoms with E-state index >= 15 is 0 Å². The first-order chi connectivity index (χ1) is 9.12. The van der Waals surface area contributed by atoms with Gasteiger partial charge in [-0.1, -0.05) is 19.8 Å². The minimum atomic E-state index is 0.352. The summed E-state index contributed by atoms with van der Waals surface area (Å²) in [7, 11) is 6.63. The molecule has 0 aliphatic heterocycles. The molecule has 1 heterocycles. The number of thiophene rings is 1. The second-order valence-electron chi connectivity index (χ2n) is 5.97. The predicted molar refractivity (Wildman–Crippen MR) is 85.1 cm³/mol. The summed E-state index contributed by atoms with van der Waals surface area (Å²) in [6.45, 7) is 2.24. The lowest BCUT2D eigenvalue weighted by molar-refractivity contribution is 0.109. The van der Waals surface area contributed by atoms with Crippen molar-refractivity contribution in [2.75, 3.05) is 21.1 Å². The van der Waals surface area contributed by atoms with Crippen LogP contribution in [0.2, 0.25) is 0 Å².